The van der Waals surface area contributed by atoms with Gasteiger partial charge in [-0.3, -0.25) is 4.79 Å². The van der Waals surface area contributed by atoms with Gasteiger partial charge in [-0.15, -0.1) is 11.6 Å². The van der Waals surface area contributed by atoms with Gasteiger partial charge in [-0.2, -0.15) is 0 Å². The quantitative estimate of drug-likeness (QED) is 0.834. The van der Waals surface area contributed by atoms with Gasteiger partial charge in [0.25, 0.3) is 5.91 Å². The molecule has 0 saturated heterocycles. The van der Waals surface area contributed by atoms with Crippen LogP contribution in [0.1, 0.15) is 41.6 Å². The summed E-state index contributed by atoms with van der Waals surface area (Å²) in [6, 6.07) is 5.52. The second kappa shape index (κ2) is 6.62. The molecule has 1 N–H and O–H groups in total. The minimum absolute atomic E-state index is 0.0818. The van der Waals surface area contributed by atoms with Crippen molar-refractivity contribution in [1.29, 1.82) is 0 Å². The average Bonchev–Trinajstić information content (AvgIpc) is 2.41. The van der Waals surface area contributed by atoms with Crippen LogP contribution in [-0.4, -0.2) is 17.8 Å². The summed E-state index contributed by atoms with van der Waals surface area (Å²) in [6.07, 6.45) is 4.28. The predicted octanol–water partition coefficient (Wildman–Crippen LogP) is 4.18. The van der Waals surface area contributed by atoms with Crippen LogP contribution in [0, 0.1) is 12.8 Å². The lowest BCUT2D eigenvalue weighted by atomic mass is 9.89. The molecule has 0 aliphatic heterocycles. The van der Waals surface area contributed by atoms with E-state index in [4.69, 9.17) is 23.2 Å². The molecule has 0 spiro atoms. The van der Waals surface area contributed by atoms with Crippen LogP contribution in [-0.2, 0) is 0 Å². The molecule has 0 atom stereocenters. The van der Waals surface area contributed by atoms with E-state index in [0.717, 1.165) is 31.2 Å². The molecule has 1 saturated carbocycles. The molecule has 0 aromatic heterocycles. The lowest BCUT2D eigenvalue weighted by Gasteiger charge is -2.25. The van der Waals surface area contributed by atoms with Crippen LogP contribution < -0.4 is 5.32 Å². The first-order chi connectivity index (χ1) is 9.08. The third-order valence-electron chi connectivity index (χ3n) is 3.76. The first kappa shape index (κ1) is 14.7. The van der Waals surface area contributed by atoms with Crippen molar-refractivity contribution in [2.45, 2.75) is 38.0 Å². The molecule has 2 rings (SSSR count). The minimum atomic E-state index is -0.0818. The number of amides is 1. The van der Waals surface area contributed by atoms with Gasteiger partial charge < -0.3 is 5.32 Å². The summed E-state index contributed by atoms with van der Waals surface area (Å²) in [5, 5.41) is 3.85. The summed E-state index contributed by atoms with van der Waals surface area (Å²) < 4.78 is 0. The molecule has 1 amide bonds. The molecule has 4 heteroatoms. The predicted molar refractivity (Wildman–Crippen MR) is 80.1 cm³/mol. The summed E-state index contributed by atoms with van der Waals surface area (Å²) >= 11 is 12.2. The third kappa shape index (κ3) is 3.87. The van der Waals surface area contributed by atoms with E-state index in [1.54, 1.807) is 6.07 Å². The van der Waals surface area contributed by atoms with E-state index in [0.29, 0.717) is 28.4 Å². The molecule has 0 unspecified atom stereocenters. The second-order valence-corrected chi connectivity index (χ2v) is 6.26. The molecule has 19 heavy (non-hydrogen) atoms. The maximum atomic E-state index is 12.1. The number of hydrogen-bond acceptors (Lipinski definition) is 1. The van der Waals surface area contributed by atoms with Gasteiger partial charge in [-0.1, -0.05) is 23.7 Å². The van der Waals surface area contributed by atoms with E-state index >= 15 is 0 Å². The molecule has 0 heterocycles. The number of alkyl halides is 1. The van der Waals surface area contributed by atoms with Crippen LogP contribution in [0.25, 0.3) is 0 Å². The molecule has 1 aliphatic rings. The van der Waals surface area contributed by atoms with Gasteiger partial charge in [-0.05, 0) is 50.2 Å². The Balaban J connectivity index is 1.89. The molecule has 1 fully saturated rings. The summed E-state index contributed by atoms with van der Waals surface area (Å²) in [7, 11) is 0. The highest BCUT2D eigenvalue weighted by Crippen LogP contribution is 2.27. The Bertz CT molecular complexity index is 453. The van der Waals surface area contributed by atoms with Crippen LogP contribution in [0.15, 0.2) is 18.2 Å². The first-order valence-corrected chi connectivity index (χ1v) is 7.56. The fraction of sp³-hybridized carbons (Fsp3) is 0.533. The van der Waals surface area contributed by atoms with Crippen molar-refractivity contribution in [2.75, 3.05) is 6.54 Å². The zero-order valence-corrected chi connectivity index (χ0v) is 12.6. The summed E-state index contributed by atoms with van der Waals surface area (Å²) in [5.74, 6) is 0.462. The van der Waals surface area contributed by atoms with Crippen molar-refractivity contribution in [1.82, 2.24) is 5.32 Å². The van der Waals surface area contributed by atoms with Gasteiger partial charge in [0.15, 0.2) is 0 Å². The number of rotatable bonds is 3. The second-order valence-electron chi connectivity index (χ2n) is 5.26. The smallest absolute Gasteiger partial charge is 0.252 e. The molecule has 1 aromatic rings. The molecular formula is C15H19Cl2NO. The Labute approximate surface area is 124 Å². The molecule has 1 aromatic carbocycles. The number of halogens is 2. The molecule has 1 aliphatic carbocycles. The average molecular weight is 300 g/mol. The number of aryl methyl sites for hydroxylation is 1. The molecular weight excluding hydrogens is 281 g/mol. The number of carbonyl (C=O) groups excluding carboxylic acids is 1. The fourth-order valence-corrected chi connectivity index (χ4v) is 2.94. The lowest BCUT2D eigenvalue weighted by Crippen LogP contribution is -2.31. The standard InChI is InChI=1S/C15H19Cl2NO/c1-10-3-2-4-13(14(10)17)15(19)18-9-11-5-7-12(16)8-6-11/h2-4,11-12H,5-9H2,1H3,(H,18,19). The van der Waals surface area contributed by atoms with Crippen LogP contribution in [0.4, 0.5) is 0 Å². The van der Waals surface area contributed by atoms with Gasteiger partial charge in [0, 0.05) is 11.9 Å². The fourth-order valence-electron chi connectivity index (χ4n) is 2.48. The molecule has 0 radical (unpaired) electrons. The van der Waals surface area contributed by atoms with Crippen molar-refractivity contribution in [2.24, 2.45) is 5.92 Å². The Morgan fingerprint density at radius 1 is 1.32 bits per heavy atom. The number of hydrogen-bond donors (Lipinski definition) is 1. The van der Waals surface area contributed by atoms with Crippen molar-refractivity contribution in [3.05, 3.63) is 34.3 Å². The van der Waals surface area contributed by atoms with Crippen molar-refractivity contribution < 1.29 is 4.79 Å². The van der Waals surface area contributed by atoms with E-state index in [9.17, 15) is 4.79 Å². The third-order valence-corrected chi connectivity index (χ3v) is 4.70. The van der Waals surface area contributed by atoms with Crippen LogP contribution in [0.5, 0.6) is 0 Å². The monoisotopic (exact) mass is 299 g/mol. The van der Waals surface area contributed by atoms with Gasteiger partial charge >= 0.3 is 0 Å². The molecule has 0 bridgehead atoms. The summed E-state index contributed by atoms with van der Waals surface area (Å²) in [5.41, 5.74) is 1.49. The number of nitrogens with one attached hydrogen (secondary N) is 1. The summed E-state index contributed by atoms with van der Waals surface area (Å²) in [6.45, 7) is 2.62. The highest BCUT2D eigenvalue weighted by Gasteiger charge is 2.20. The van der Waals surface area contributed by atoms with Crippen LogP contribution in [0.3, 0.4) is 0 Å². The largest absolute Gasteiger partial charge is 0.352 e. The van der Waals surface area contributed by atoms with Crippen molar-refractivity contribution in [3.63, 3.8) is 0 Å². The van der Waals surface area contributed by atoms with Crippen LogP contribution in [0.2, 0.25) is 5.02 Å². The number of carbonyl (C=O) groups is 1. The van der Waals surface area contributed by atoms with Crippen molar-refractivity contribution in [3.8, 4) is 0 Å². The highest BCUT2D eigenvalue weighted by molar-refractivity contribution is 6.34. The van der Waals surface area contributed by atoms with E-state index in [1.165, 1.54) is 0 Å². The molecule has 104 valence electrons. The first-order valence-electron chi connectivity index (χ1n) is 6.75. The van der Waals surface area contributed by atoms with Crippen molar-refractivity contribution >= 4 is 29.1 Å². The lowest BCUT2D eigenvalue weighted by molar-refractivity contribution is 0.0944. The summed E-state index contributed by atoms with van der Waals surface area (Å²) in [4.78, 5) is 12.1. The highest BCUT2D eigenvalue weighted by atomic mass is 35.5. The minimum Gasteiger partial charge on any atom is -0.352 e. The van der Waals surface area contributed by atoms with Gasteiger partial charge in [0.05, 0.1) is 10.6 Å². The maximum Gasteiger partial charge on any atom is 0.252 e. The Morgan fingerprint density at radius 2 is 2.00 bits per heavy atom. The van der Waals surface area contributed by atoms with Gasteiger partial charge in [0.2, 0.25) is 0 Å². The number of benzene rings is 1. The Morgan fingerprint density at radius 3 is 2.68 bits per heavy atom. The van der Waals surface area contributed by atoms with E-state index < -0.39 is 0 Å². The maximum absolute atomic E-state index is 12.1. The normalized spacial score (nSPS) is 23.1. The van der Waals surface area contributed by atoms with E-state index in [2.05, 4.69) is 5.32 Å². The molecule has 2 nitrogen and oxygen atoms in total. The van der Waals surface area contributed by atoms with E-state index in [1.807, 2.05) is 19.1 Å². The van der Waals surface area contributed by atoms with E-state index in [-0.39, 0.29) is 5.91 Å². The topological polar surface area (TPSA) is 29.1 Å². The Hall–Kier alpha value is -0.730. The van der Waals surface area contributed by atoms with Gasteiger partial charge in [0.1, 0.15) is 0 Å². The Kier molecular flexibility index (Phi) is 5.12. The zero-order valence-electron chi connectivity index (χ0n) is 11.1. The van der Waals surface area contributed by atoms with Gasteiger partial charge in [-0.25, -0.2) is 0 Å². The zero-order chi connectivity index (χ0) is 13.8. The van der Waals surface area contributed by atoms with Crippen LogP contribution >= 0.6 is 23.2 Å². The SMILES string of the molecule is Cc1cccc(C(=O)NCC2CCC(Cl)CC2)c1Cl.